The van der Waals surface area contributed by atoms with Crippen molar-refractivity contribution in [1.82, 2.24) is 14.7 Å². The van der Waals surface area contributed by atoms with E-state index in [9.17, 15) is 0 Å². The number of hydrogen-bond acceptors (Lipinski definition) is 3. The van der Waals surface area contributed by atoms with Crippen molar-refractivity contribution in [3.8, 4) is 5.75 Å². The van der Waals surface area contributed by atoms with Crippen molar-refractivity contribution in [1.29, 1.82) is 0 Å². The van der Waals surface area contributed by atoms with Gasteiger partial charge in [0.25, 0.3) is 0 Å². The zero-order chi connectivity index (χ0) is 19.0. The molecule has 4 nitrogen and oxygen atoms in total. The quantitative estimate of drug-likeness (QED) is 0.714. The Bertz CT molecular complexity index is 778. The maximum absolute atomic E-state index is 6.65. The molecule has 0 bridgehead atoms. The third kappa shape index (κ3) is 3.49. The van der Waals surface area contributed by atoms with E-state index in [4.69, 9.17) is 16.3 Å². The van der Waals surface area contributed by atoms with Gasteiger partial charge < -0.3 is 4.74 Å². The normalized spacial score (nSPS) is 16.8. The first-order chi connectivity index (χ1) is 12.3. The van der Waals surface area contributed by atoms with Crippen LogP contribution in [0.1, 0.15) is 62.0 Å². The third-order valence-electron chi connectivity index (χ3n) is 5.48. The Morgan fingerprint density at radius 2 is 1.96 bits per heavy atom. The van der Waals surface area contributed by atoms with Crippen molar-refractivity contribution < 1.29 is 4.74 Å². The highest BCUT2D eigenvalue weighted by Crippen LogP contribution is 2.44. The summed E-state index contributed by atoms with van der Waals surface area (Å²) < 4.78 is 8.18. The van der Waals surface area contributed by atoms with Gasteiger partial charge in [-0.15, -0.1) is 0 Å². The second kappa shape index (κ2) is 7.61. The van der Waals surface area contributed by atoms with E-state index >= 15 is 0 Å². The third-order valence-corrected chi connectivity index (χ3v) is 5.87. The summed E-state index contributed by atoms with van der Waals surface area (Å²) in [6.07, 6.45) is 2.02. The monoisotopic (exact) mass is 375 g/mol. The highest BCUT2D eigenvalue weighted by Gasteiger charge is 2.35. The fourth-order valence-electron chi connectivity index (χ4n) is 3.78. The molecular weight excluding hydrogens is 346 g/mol. The highest BCUT2D eigenvalue weighted by molar-refractivity contribution is 6.31. The van der Waals surface area contributed by atoms with Crippen molar-refractivity contribution in [2.45, 2.75) is 59.5 Å². The Labute approximate surface area is 162 Å². The number of benzene rings is 1. The summed E-state index contributed by atoms with van der Waals surface area (Å²) in [6.45, 7) is 15.6. The second-order valence-electron chi connectivity index (χ2n) is 7.61. The Kier molecular flexibility index (Phi) is 5.64. The number of nitrogens with zero attached hydrogens (tertiary/aromatic N) is 3. The van der Waals surface area contributed by atoms with Crippen LogP contribution in [-0.4, -0.2) is 40.4 Å². The molecule has 1 saturated heterocycles. The minimum absolute atomic E-state index is 0.0726. The van der Waals surface area contributed by atoms with Gasteiger partial charge in [0.05, 0.1) is 18.3 Å². The van der Waals surface area contributed by atoms with E-state index in [0.717, 1.165) is 40.7 Å². The Morgan fingerprint density at radius 1 is 1.27 bits per heavy atom. The minimum atomic E-state index is 0.0726. The minimum Gasteiger partial charge on any atom is -0.493 e. The zero-order valence-corrected chi connectivity index (χ0v) is 17.5. The van der Waals surface area contributed by atoms with Crippen molar-refractivity contribution in [2.24, 2.45) is 0 Å². The molecule has 0 amide bonds. The van der Waals surface area contributed by atoms with Crippen LogP contribution in [0.4, 0.5) is 0 Å². The predicted octanol–water partition coefficient (Wildman–Crippen LogP) is 4.97. The molecule has 142 valence electrons. The van der Waals surface area contributed by atoms with E-state index < -0.39 is 0 Å². The molecule has 1 aromatic carbocycles. The van der Waals surface area contributed by atoms with Gasteiger partial charge in [-0.05, 0) is 59.2 Å². The van der Waals surface area contributed by atoms with Gasteiger partial charge >= 0.3 is 0 Å². The van der Waals surface area contributed by atoms with E-state index in [1.54, 1.807) is 0 Å². The van der Waals surface area contributed by atoms with Crippen molar-refractivity contribution in [3.05, 3.63) is 45.7 Å². The summed E-state index contributed by atoms with van der Waals surface area (Å²) >= 11 is 6.65. The van der Waals surface area contributed by atoms with Crippen LogP contribution in [-0.2, 0) is 0 Å². The molecule has 3 rings (SSSR count). The molecule has 2 heterocycles. The number of aromatic nitrogens is 2. The lowest BCUT2D eigenvalue weighted by Crippen LogP contribution is -2.49. The van der Waals surface area contributed by atoms with Gasteiger partial charge in [-0.1, -0.05) is 11.6 Å². The lowest BCUT2D eigenvalue weighted by molar-refractivity contribution is 0.107. The van der Waals surface area contributed by atoms with Gasteiger partial charge in [-0.3, -0.25) is 9.58 Å². The first kappa shape index (κ1) is 19.2. The molecule has 5 heteroatoms. The van der Waals surface area contributed by atoms with Crippen molar-refractivity contribution in [2.75, 3.05) is 19.7 Å². The molecule has 1 unspecified atom stereocenters. The van der Waals surface area contributed by atoms with Crippen LogP contribution in [0, 0.1) is 13.8 Å². The zero-order valence-electron chi connectivity index (χ0n) is 16.7. The van der Waals surface area contributed by atoms with Crippen molar-refractivity contribution >= 4 is 11.6 Å². The second-order valence-corrected chi connectivity index (χ2v) is 8.01. The Balaban J connectivity index is 2.04. The van der Waals surface area contributed by atoms with Crippen LogP contribution in [0.5, 0.6) is 5.75 Å². The van der Waals surface area contributed by atoms with Crippen LogP contribution >= 0.6 is 11.6 Å². The topological polar surface area (TPSA) is 30.3 Å². The summed E-state index contributed by atoms with van der Waals surface area (Å²) in [5.74, 6) is 1.48. The summed E-state index contributed by atoms with van der Waals surface area (Å²) in [5, 5.41) is 5.41. The Morgan fingerprint density at radius 3 is 2.50 bits per heavy atom. The fourth-order valence-corrected chi connectivity index (χ4v) is 4.00. The smallest absolute Gasteiger partial charge is 0.128 e. The van der Waals surface area contributed by atoms with Gasteiger partial charge in [0.1, 0.15) is 5.75 Å². The van der Waals surface area contributed by atoms with E-state index in [0.29, 0.717) is 18.6 Å². The number of ether oxygens (including phenoxy) is 1. The molecule has 1 aromatic heterocycles. The van der Waals surface area contributed by atoms with Gasteiger partial charge in [0.2, 0.25) is 0 Å². The summed E-state index contributed by atoms with van der Waals surface area (Å²) in [4.78, 5) is 2.49. The molecule has 0 saturated carbocycles. The first-order valence-corrected chi connectivity index (χ1v) is 9.92. The van der Waals surface area contributed by atoms with Crippen LogP contribution in [0.3, 0.4) is 0 Å². The van der Waals surface area contributed by atoms with Gasteiger partial charge in [0, 0.05) is 47.4 Å². The largest absolute Gasteiger partial charge is 0.493 e. The van der Waals surface area contributed by atoms with Gasteiger partial charge in [-0.2, -0.15) is 5.10 Å². The number of hydrogen-bond donors (Lipinski definition) is 0. The fraction of sp³-hybridized carbons (Fsp3) is 0.571. The van der Waals surface area contributed by atoms with E-state index in [-0.39, 0.29) is 6.04 Å². The molecule has 26 heavy (non-hydrogen) atoms. The number of halogens is 1. The van der Waals surface area contributed by atoms with Crippen LogP contribution in [0.2, 0.25) is 5.02 Å². The van der Waals surface area contributed by atoms with Crippen LogP contribution in [0.25, 0.3) is 0 Å². The standard InChI is InChI=1S/C21H30ClN3O/c1-7-26-21-18(16(6)25-9-8-14(4)23-25)10-19(22)15(5)20(21)17-11-24(12-17)13(2)3/h8-10,13,16-17H,7,11-12H2,1-6H3. The molecule has 0 aliphatic carbocycles. The van der Waals surface area contributed by atoms with Crippen LogP contribution in [0.15, 0.2) is 18.3 Å². The summed E-state index contributed by atoms with van der Waals surface area (Å²) in [5.41, 5.74) is 4.56. The molecule has 1 atom stereocenters. The average Bonchev–Trinajstić information content (AvgIpc) is 2.97. The summed E-state index contributed by atoms with van der Waals surface area (Å²) in [6, 6.07) is 4.74. The SMILES string of the molecule is CCOc1c(C(C)n2ccc(C)n2)cc(Cl)c(C)c1C1CN(C(C)C)C1. The molecule has 0 radical (unpaired) electrons. The maximum Gasteiger partial charge on any atom is 0.128 e. The molecular formula is C21H30ClN3O. The predicted molar refractivity (Wildman–Crippen MR) is 108 cm³/mol. The number of aryl methyl sites for hydroxylation is 1. The molecule has 1 fully saturated rings. The molecule has 1 aliphatic rings. The van der Waals surface area contributed by atoms with Crippen molar-refractivity contribution in [3.63, 3.8) is 0 Å². The molecule has 1 aliphatic heterocycles. The molecule has 0 N–H and O–H groups in total. The number of rotatable bonds is 6. The number of likely N-dealkylation sites (tertiary alicyclic amines) is 1. The molecule has 2 aromatic rings. The average molecular weight is 376 g/mol. The van der Waals surface area contributed by atoms with Crippen LogP contribution < -0.4 is 4.74 Å². The van der Waals surface area contributed by atoms with Gasteiger partial charge in [-0.25, -0.2) is 0 Å². The lowest BCUT2D eigenvalue weighted by Gasteiger charge is -2.43. The Hall–Kier alpha value is -1.52. The lowest BCUT2D eigenvalue weighted by atomic mass is 9.84. The summed E-state index contributed by atoms with van der Waals surface area (Å²) in [7, 11) is 0. The van der Waals surface area contributed by atoms with E-state index in [1.807, 2.05) is 30.8 Å². The van der Waals surface area contributed by atoms with Gasteiger partial charge in [0.15, 0.2) is 0 Å². The molecule has 0 spiro atoms. The van der Waals surface area contributed by atoms with E-state index in [2.05, 4.69) is 43.8 Å². The maximum atomic E-state index is 6.65. The first-order valence-electron chi connectivity index (χ1n) is 9.54. The highest BCUT2D eigenvalue weighted by atomic mass is 35.5. The van der Waals surface area contributed by atoms with E-state index in [1.165, 1.54) is 5.56 Å².